The van der Waals surface area contributed by atoms with E-state index in [0.717, 1.165) is 10.8 Å². The summed E-state index contributed by atoms with van der Waals surface area (Å²) in [5.41, 5.74) is 3.16. The van der Waals surface area contributed by atoms with E-state index in [-0.39, 0.29) is 28.7 Å². The van der Waals surface area contributed by atoms with Crippen LogP contribution in [0.3, 0.4) is 0 Å². The molecule has 1 amide bonds. The van der Waals surface area contributed by atoms with Crippen molar-refractivity contribution in [2.75, 3.05) is 20.8 Å². The summed E-state index contributed by atoms with van der Waals surface area (Å²) in [6.45, 7) is -0.339. The Kier molecular flexibility index (Phi) is 8.68. The van der Waals surface area contributed by atoms with Crippen molar-refractivity contribution >= 4 is 52.1 Å². The number of carbonyl (C=O) groups is 2. The van der Waals surface area contributed by atoms with Crippen molar-refractivity contribution < 1.29 is 28.5 Å². The van der Waals surface area contributed by atoms with Crippen LogP contribution in [0.4, 0.5) is 0 Å². The Morgan fingerprint density at radius 2 is 1.63 bits per heavy atom. The maximum absolute atomic E-state index is 13.0. The van der Waals surface area contributed by atoms with Crippen LogP contribution in [-0.2, 0) is 4.79 Å². The van der Waals surface area contributed by atoms with Crippen LogP contribution in [0.2, 0.25) is 10.0 Å². The molecule has 0 atom stereocenters. The molecule has 0 fully saturated rings. The molecule has 0 aliphatic carbocycles. The van der Waals surface area contributed by atoms with Crippen molar-refractivity contribution in [3.05, 3.63) is 94.0 Å². The van der Waals surface area contributed by atoms with Crippen LogP contribution >= 0.6 is 23.2 Å². The first-order valence-corrected chi connectivity index (χ1v) is 12.0. The van der Waals surface area contributed by atoms with Crippen LogP contribution in [0.25, 0.3) is 10.8 Å². The molecular formula is C28H22Cl2N2O6. The number of hydrogen-bond donors (Lipinski definition) is 1. The second-order valence-corrected chi connectivity index (χ2v) is 8.58. The number of rotatable bonds is 9. The van der Waals surface area contributed by atoms with Gasteiger partial charge in [0.25, 0.3) is 5.91 Å². The smallest absolute Gasteiger partial charge is 0.343 e. The lowest BCUT2D eigenvalue weighted by Crippen LogP contribution is -2.24. The van der Waals surface area contributed by atoms with Crippen molar-refractivity contribution in [1.82, 2.24) is 5.43 Å². The van der Waals surface area contributed by atoms with Gasteiger partial charge < -0.3 is 18.9 Å². The van der Waals surface area contributed by atoms with Gasteiger partial charge in [-0.05, 0) is 47.2 Å². The van der Waals surface area contributed by atoms with Gasteiger partial charge in [-0.2, -0.15) is 5.10 Å². The maximum atomic E-state index is 13.0. The number of hydrazone groups is 1. The van der Waals surface area contributed by atoms with Crippen molar-refractivity contribution in [2.24, 2.45) is 5.10 Å². The Morgan fingerprint density at radius 3 is 2.42 bits per heavy atom. The topological polar surface area (TPSA) is 95.5 Å². The van der Waals surface area contributed by atoms with E-state index in [4.69, 9.17) is 42.1 Å². The fourth-order valence-electron chi connectivity index (χ4n) is 3.56. The fraction of sp³-hybridized carbons (Fsp3) is 0.107. The van der Waals surface area contributed by atoms with Crippen molar-refractivity contribution in [1.29, 1.82) is 0 Å². The van der Waals surface area contributed by atoms with Crippen LogP contribution < -0.4 is 24.4 Å². The van der Waals surface area contributed by atoms with E-state index in [0.29, 0.717) is 22.1 Å². The molecule has 194 valence electrons. The third-order valence-electron chi connectivity index (χ3n) is 5.41. The van der Waals surface area contributed by atoms with E-state index in [2.05, 4.69) is 10.5 Å². The van der Waals surface area contributed by atoms with E-state index < -0.39 is 11.9 Å². The first kappa shape index (κ1) is 26.8. The number of amides is 1. The van der Waals surface area contributed by atoms with E-state index in [1.165, 1.54) is 26.5 Å². The van der Waals surface area contributed by atoms with Gasteiger partial charge in [-0.15, -0.1) is 0 Å². The summed E-state index contributed by atoms with van der Waals surface area (Å²) in [6, 6.07) is 20.6. The highest BCUT2D eigenvalue weighted by Crippen LogP contribution is 2.32. The summed E-state index contributed by atoms with van der Waals surface area (Å²) < 4.78 is 21.6. The highest BCUT2D eigenvalue weighted by molar-refractivity contribution is 6.42. The zero-order chi connectivity index (χ0) is 27.1. The second-order valence-electron chi connectivity index (χ2n) is 7.79. The molecule has 4 aromatic carbocycles. The number of esters is 1. The molecule has 0 unspecified atom stereocenters. The zero-order valence-electron chi connectivity index (χ0n) is 20.4. The zero-order valence-corrected chi connectivity index (χ0v) is 21.9. The molecule has 0 spiro atoms. The molecule has 0 heterocycles. The van der Waals surface area contributed by atoms with Crippen molar-refractivity contribution in [3.8, 4) is 23.0 Å². The highest BCUT2D eigenvalue weighted by Gasteiger charge is 2.16. The molecule has 0 radical (unpaired) electrons. The monoisotopic (exact) mass is 552 g/mol. The van der Waals surface area contributed by atoms with Crippen LogP contribution in [0.15, 0.2) is 77.9 Å². The number of hydrogen-bond acceptors (Lipinski definition) is 7. The summed E-state index contributed by atoms with van der Waals surface area (Å²) in [4.78, 5) is 25.2. The molecule has 8 nitrogen and oxygen atoms in total. The highest BCUT2D eigenvalue weighted by atomic mass is 35.5. The molecule has 0 bridgehead atoms. The van der Waals surface area contributed by atoms with E-state index in [9.17, 15) is 9.59 Å². The van der Waals surface area contributed by atoms with E-state index in [1.54, 1.807) is 36.4 Å². The fourth-order valence-corrected chi connectivity index (χ4v) is 3.91. The summed E-state index contributed by atoms with van der Waals surface area (Å²) in [6.07, 6.45) is 1.41. The lowest BCUT2D eigenvalue weighted by Gasteiger charge is -2.12. The van der Waals surface area contributed by atoms with Crippen LogP contribution in [-0.4, -0.2) is 38.9 Å². The Hall–Kier alpha value is -4.27. The van der Waals surface area contributed by atoms with Gasteiger partial charge in [-0.1, -0.05) is 59.6 Å². The van der Waals surface area contributed by atoms with Crippen LogP contribution in [0, 0.1) is 0 Å². The molecule has 0 aliphatic rings. The molecular weight excluding hydrogens is 531 g/mol. The summed E-state index contributed by atoms with van der Waals surface area (Å²) in [7, 11) is 2.99. The predicted octanol–water partition coefficient (Wildman–Crippen LogP) is 5.91. The third-order valence-corrected chi connectivity index (χ3v) is 6.21. The number of nitrogens with zero attached hydrogens (tertiary/aromatic N) is 1. The summed E-state index contributed by atoms with van der Waals surface area (Å²) in [5, 5.41) is 6.23. The molecule has 4 aromatic rings. The van der Waals surface area contributed by atoms with Crippen molar-refractivity contribution in [3.63, 3.8) is 0 Å². The molecule has 0 saturated carbocycles. The minimum atomic E-state index is -0.605. The minimum absolute atomic E-state index is 0.210. The van der Waals surface area contributed by atoms with Gasteiger partial charge >= 0.3 is 5.97 Å². The molecule has 0 aliphatic heterocycles. The number of fused-ring (bicyclic) bond motifs is 1. The van der Waals surface area contributed by atoms with Crippen LogP contribution in [0.5, 0.6) is 23.0 Å². The van der Waals surface area contributed by atoms with Gasteiger partial charge in [-0.25, -0.2) is 10.2 Å². The first-order valence-electron chi connectivity index (χ1n) is 11.3. The second kappa shape index (κ2) is 12.3. The Balaban J connectivity index is 1.53. The number of carbonyl (C=O) groups excluding carboxylic acids is 2. The SMILES string of the molecule is COc1ccc(C(=O)Oc2ccc3ccccc3c2/C=N\NC(=O)COc2cccc(Cl)c2Cl)cc1OC. The Labute approximate surface area is 228 Å². The third kappa shape index (κ3) is 6.16. The van der Waals surface area contributed by atoms with Gasteiger partial charge in [0.05, 0.1) is 31.0 Å². The summed E-state index contributed by atoms with van der Waals surface area (Å²) in [5.74, 6) is 0.277. The van der Waals surface area contributed by atoms with Gasteiger partial charge in [0.1, 0.15) is 16.5 Å². The number of nitrogens with one attached hydrogen (secondary N) is 1. The van der Waals surface area contributed by atoms with Gasteiger partial charge in [-0.3, -0.25) is 4.79 Å². The molecule has 4 rings (SSSR count). The number of ether oxygens (including phenoxy) is 4. The predicted molar refractivity (Wildman–Crippen MR) is 146 cm³/mol. The Morgan fingerprint density at radius 1 is 0.868 bits per heavy atom. The van der Waals surface area contributed by atoms with Gasteiger partial charge in [0, 0.05) is 5.56 Å². The molecule has 0 aromatic heterocycles. The first-order chi connectivity index (χ1) is 18.4. The normalized spacial score (nSPS) is 10.8. The lowest BCUT2D eigenvalue weighted by molar-refractivity contribution is -0.123. The summed E-state index contributed by atoms with van der Waals surface area (Å²) >= 11 is 12.0. The number of benzene rings is 4. The molecule has 10 heteroatoms. The molecule has 38 heavy (non-hydrogen) atoms. The Bertz CT molecular complexity index is 1520. The number of methoxy groups -OCH3 is 2. The molecule has 1 N–H and O–H groups in total. The average Bonchev–Trinajstić information content (AvgIpc) is 2.94. The maximum Gasteiger partial charge on any atom is 0.343 e. The average molecular weight is 553 g/mol. The van der Waals surface area contributed by atoms with Gasteiger partial charge in [0.2, 0.25) is 0 Å². The van der Waals surface area contributed by atoms with Crippen molar-refractivity contribution in [2.45, 2.75) is 0 Å². The molecule has 0 saturated heterocycles. The van der Waals surface area contributed by atoms with Gasteiger partial charge in [0.15, 0.2) is 18.1 Å². The standard InChI is InChI=1S/C28H22Cl2N2O6/c1-35-23-13-11-18(14-25(23)36-2)28(34)38-22-12-10-17-6-3-4-7-19(17)20(22)15-31-32-26(33)16-37-24-9-5-8-21(29)27(24)30/h3-15H,16H2,1-2H3,(H,32,33)/b31-15-. The minimum Gasteiger partial charge on any atom is -0.493 e. The van der Waals surface area contributed by atoms with E-state index in [1.807, 2.05) is 30.3 Å². The largest absolute Gasteiger partial charge is 0.493 e. The van der Waals surface area contributed by atoms with E-state index >= 15 is 0 Å². The number of halogens is 2. The van der Waals surface area contributed by atoms with Crippen LogP contribution in [0.1, 0.15) is 15.9 Å². The quantitative estimate of drug-likeness (QED) is 0.120. The lowest BCUT2D eigenvalue weighted by atomic mass is 10.0.